The standard InChI is InChI=1S/C12H23N3O/c1-5-6-9(8-13)11-14-10(15-16-11)7-12(2,3)4/h9H,5-8,13H2,1-4H3. The summed E-state index contributed by atoms with van der Waals surface area (Å²) in [5, 5.41) is 4.01. The maximum Gasteiger partial charge on any atom is 0.231 e. The molecule has 0 radical (unpaired) electrons. The van der Waals surface area contributed by atoms with E-state index in [1.165, 1.54) is 0 Å². The van der Waals surface area contributed by atoms with Crippen molar-refractivity contribution in [1.82, 2.24) is 10.1 Å². The fourth-order valence-corrected chi connectivity index (χ4v) is 1.67. The molecular weight excluding hydrogens is 202 g/mol. The molecule has 2 N–H and O–H groups in total. The van der Waals surface area contributed by atoms with Gasteiger partial charge in [0.2, 0.25) is 5.89 Å². The zero-order valence-corrected chi connectivity index (χ0v) is 10.8. The van der Waals surface area contributed by atoms with Crippen LogP contribution in [0.2, 0.25) is 0 Å². The van der Waals surface area contributed by atoms with E-state index in [0.29, 0.717) is 12.4 Å². The van der Waals surface area contributed by atoms with Crippen LogP contribution in [0.1, 0.15) is 58.2 Å². The van der Waals surface area contributed by atoms with E-state index in [9.17, 15) is 0 Å². The zero-order valence-electron chi connectivity index (χ0n) is 10.8. The Labute approximate surface area is 97.6 Å². The lowest BCUT2D eigenvalue weighted by atomic mass is 9.92. The molecule has 1 aromatic heterocycles. The first-order valence-electron chi connectivity index (χ1n) is 5.99. The van der Waals surface area contributed by atoms with Crippen LogP contribution >= 0.6 is 0 Å². The Balaban J connectivity index is 2.69. The molecule has 0 aliphatic carbocycles. The van der Waals surface area contributed by atoms with Crippen molar-refractivity contribution in [3.63, 3.8) is 0 Å². The van der Waals surface area contributed by atoms with Crippen LogP contribution in [-0.4, -0.2) is 16.7 Å². The molecule has 1 atom stereocenters. The Hall–Kier alpha value is -0.900. The van der Waals surface area contributed by atoms with Gasteiger partial charge in [0, 0.05) is 13.0 Å². The summed E-state index contributed by atoms with van der Waals surface area (Å²) >= 11 is 0. The second-order valence-corrected chi connectivity index (χ2v) is 5.51. The number of hydrogen-bond donors (Lipinski definition) is 1. The molecule has 16 heavy (non-hydrogen) atoms. The number of hydrogen-bond acceptors (Lipinski definition) is 4. The van der Waals surface area contributed by atoms with E-state index in [1.807, 2.05) is 0 Å². The third-order valence-electron chi connectivity index (χ3n) is 2.44. The Morgan fingerprint density at radius 3 is 2.56 bits per heavy atom. The number of aromatic nitrogens is 2. The van der Waals surface area contributed by atoms with Crippen LogP contribution in [0.25, 0.3) is 0 Å². The SMILES string of the molecule is CCCC(CN)c1nc(CC(C)(C)C)no1. The van der Waals surface area contributed by atoms with Crippen LogP contribution < -0.4 is 5.73 Å². The summed E-state index contributed by atoms with van der Waals surface area (Å²) in [6.07, 6.45) is 2.92. The van der Waals surface area contributed by atoms with Gasteiger partial charge in [0.25, 0.3) is 0 Å². The van der Waals surface area contributed by atoms with Crippen LogP contribution in [0.3, 0.4) is 0 Å². The van der Waals surface area contributed by atoms with Crippen LogP contribution in [-0.2, 0) is 6.42 Å². The molecular formula is C12H23N3O. The first-order chi connectivity index (χ1) is 7.46. The summed E-state index contributed by atoms with van der Waals surface area (Å²) in [7, 11) is 0. The lowest BCUT2D eigenvalue weighted by Gasteiger charge is -2.14. The summed E-state index contributed by atoms with van der Waals surface area (Å²) in [6.45, 7) is 9.19. The topological polar surface area (TPSA) is 64.9 Å². The molecule has 0 aliphatic rings. The number of nitrogens with two attached hydrogens (primary N) is 1. The van der Waals surface area contributed by atoms with Crippen molar-refractivity contribution >= 4 is 0 Å². The highest BCUT2D eigenvalue weighted by atomic mass is 16.5. The lowest BCUT2D eigenvalue weighted by Crippen LogP contribution is -2.13. The molecule has 0 saturated heterocycles. The monoisotopic (exact) mass is 225 g/mol. The normalized spacial score (nSPS) is 14.1. The van der Waals surface area contributed by atoms with Gasteiger partial charge in [-0.1, -0.05) is 39.3 Å². The maximum atomic E-state index is 5.70. The Kier molecular flexibility index (Phi) is 4.47. The molecule has 1 aromatic rings. The zero-order chi connectivity index (χ0) is 12.2. The second-order valence-electron chi connectivity index (χ2n) is 5.51. The first-order valence-corrected chi connectivity index (χ1v) is 5.99. The minimum Gasteiger partial charge on any atom is -0.339 e. The Morgan fingerprint density at radius 2 is 2.06 bits per heavy atom. The minimum absolute atomic E-state index is 0.185. The molecule has 0 bridgehead atoms. The number of nitrogens with zero attached hydrogens (tertiary/aromatic N) is 2. The highest BCUT2D eigenvalue weighted by molar-refractivity contribution is 4.96. The second kappa shape index (κ2) is 5.43. The fraction of sp³-hybridized carbons (Fsp3) is 0.833. The average Bonchev–Trinajstić information content (AvgIpc) is 2.59. The molecule has 1 heterocycles. The van der Waals surface area contributed by atoms with E-state index in [2.05, 4.69) is 37.8 Å². The van der Waals surface area contributed by atoms with Crippen molar-refractivity contribution in [1.29, 1.82) is 0 Å². The Morgan fingerprint density at radius 1 is 1.38 bits per heavy atom. The molecule has 1 unspecified atom stereocenters. The van der Waals surface area contributed by atoms with Crippen molar-refractivity contribution in [2.24, 2.45) is 11.1 Å². The van der Waals surface area contributed by atoms with Gasteiger partial charge in [-0.15, -0.1) is 0 Å². The first kappa shape index (κ1) is 13.2. The number of rotatable bonds is 5. The fourth-order valence-electron chi connectivity index (χ4n) is 1.67. The quantitative estimate of drug-likeness (QED) is 0.836. The van der Waals surface area contributed by atoms with Crippen molar-refractivity contribution < 1.29 is 4.52 Å². The predicted molar refractivity (Wildman–Crippen MR) is 64.2 cm³/mol. The van der Waals surface area contributed by atoms with Gasteiger partial charge < -0.3 is 10.3 Å². The molecule has 0 spiro atoms. The average molecular weight is 225 g/mol. The summed E-state index contributed by atoms with van der Waals surface area (Å²) in [5.74, 6) is 1.70. The lowest BCUT2D eigenvalue weighted by molar-refractivity contribution is 0.335. The van der Waals surface area contributed by atoms with Gasteiger partial charge in [-0.3, -0.25) is 0 Å². The highest BCUT2D eigenvalue weighted by Crippen LogP contribution is 2.22. The molecule has 92 valence electrons. The van der Waals surface area contributed by atoms with Gasteiger partial charge in [0.15, 0.2) is 5.82 Å². The van der Waals surface area contributed by atoms with Crippen LogP contribution in [0.4, 0.5) is 0 Å². The van der Waals surface area contributed by atoms with Gasteiger partial charge in [-0.25, -0.2) is 0 Å². The van der Waals surface area contributed by atoms with Crippen molar-refractivity contribution in [3.05, 3.63) is 11.7 Å². The van der Waals surface area contributed by atoms with Crippen LogP contribution in [0.5, 0.6) is 0 Å². The molecule has 0 aliphatic heterocycles. The highest BCUT2D eigenvalue weighted by Gasteiger charge is 2.20. The molecule has 0 aromatic carbocycles. The van der Waals surface area contributed by atoms with E-state index >= 15 is 0 Å². The van der Waals surface area contributed by atoms with Crippen molar-refractivity contribution in [2.45, 2.75) is 52.9 Å². The van der Waals surface area contributed by atoms with E-state index in [4.69, 9.17) is 10.3 Å². The van der Waals surface area contributed by atoms with E-state index in [0.717, 1.165) is 25.1 Å². The summed E-state index contributed by atoms with van der Waals surface area (Å²) < 4.78 is 5.28. The smallest absolute Gasteiger partial charge is 0.231 e. The van der Waals surface area contributed by atoms with Gasteiger partial charge in [0.1, 0.15) is 0 Å². The van der Waals surface area contributed by atoms with Gasteiger partial charge >= 0.3 is 0 Å². The maximum absolute atomic E-state index is 5.70. The van der Waals surface area contributed by atoms with E-state index in [-0.39, 0.29) is 11.3 Å². The third-order valence-corrected chi connectivity index (χ3v) is 2.44. The van der Waals surface area contributed by atoms with E-state index < -0.39 is 0 Å². The third kappa shape index (κ3) is 3.93. The summed E-state index contributed by atoms with van der Waals surface area (Å²) in [4.78, 5) is 4.43. The van der Waals surface area contributed by atoms with E-state index in [1.54, 1.807) is 0 Å². The summed E-state index contributed by atoms with van der Waals surface area (Å²) in [5.41, 5.74) is 5.88. The molecule has 4 heteroatoms. The van der Waals surface area contributed by atoms with Gasteiger partial charge in [0.05, 0.1) is 5.92 Å². The van der Waals surface area contributed by atoms with Gasteiger partial charge in [-0.2, -0.15) is 4.98 Å². The molecule has 0 saturated carbocycles. The van der Waals surface area contributed by atoms with Crippen LogP contribution in [0.15, 0.2) is 4.52 Å². The van der Waals surface area contributed by atoms with Crippen LogP contribution in [0, 0.1) is 5.41 Å². The van der Waals surface area contributed by atoms with Crippen molar-refractivity contribution in [2.75, 3.05) is 6.54 Å². The largest absolute Gasteiger partial charge is 0.339 e. The predicted octanol–water partition coefficient (Wildman–Crippen LogP) is 2.50. The van der Waals surface area contributed by atoms with Gasteiger partial charge in [-0.05, 0) is 11.8 Å². The summed E-state index contributed by atoms with van der Waals surface area (Å²) in [6, 6.07) is 0. The molecule has 1 rings (SSSR count). The minimum atomic E-state index is 0.185. The molecule has 0 fully saturated rings. The van der Waals surface area contributed by atoms with Crippen molar-refractivity contribution in [3.8, 4) is 0 Å². The Bertz CT molecular complexity index is 314. The molecule has 4 nitrogen and oxygen atoms in total. The molecule has 0 amide bonds.